The average molecular weight is 360 g/mol. The lowest BCUT2D eigenvalue weighted by atomic mass is 10.1. The van der Waals surface area contributed by atoms with Gasteiger partial charge in [0.1, 0.15) is 11.0 Å². The normalized spacial score (nSPS) is 17.6. The van der Waals surface area contributed by atoms with E-state index in [1.165, 1.54) is 12.3 Å². The van der Waals surface area contributed by atoms with Crippen LogP contribution in [0.2, 0.25) is 0 Å². The topological polar surface area (TPSA) is 75.6 Å². The molecule has 4 rings (SSSR count). The van der Waals surface area contributed by atoms with E-state index in [9.17, 15) is 13.2 Å². The molecule has 1 saturated heterocycles. The molecule has 2 N–H and O–H groups in total. The number of nitrogens with one attached hydrogen (secondary N) is 2. The summed E-state index contributed by atoms with van der Waals surface area (Å²) >= 11 is 0. The predicted octanol–water partition coefficient (Wildman–Crippen LogP) is 2.88. The van der Waals surface area contributed by atoms with Crippen molar-refractivity contribution in [2.45, 2.75) is 18.6 Å². The Labute approximate surface area is 146 Å². The Bertz CT molecular complexity index is 920. The van der Waals surface area contributed by atoms with Crippen LogP contribution in [0.5, 0.6) is 0 Å². The molecule has 0 spiro atoms. The van der Waals surface area contributed by atoms with Gasteiger partial charge < -0.3 is 10.6 Å². The molecule has 0 aliphatic carbocycles. The van der Waals surface area contributed by atoms with Crippen LogP contribution in [0.4, 0.5) is 19.0 Å². The first kappa shape index (κ1) is 16.6. The minimum absolute atomic E-state index is 0.253. The number of halogens is 3. The fourth-order valence-electron chi connectivity index (χ4n) is 2.94. The van der Waals surface area contributed by atoms with Crippen LogP contribution < -0.4 is 10.6 Å². The lowest BCUT2D eigenvalue weighted by Crippen LogP contribution is -2.23. The number of hydrogen-bond donors (Lipinski definition) is 2. The van der Waals surface area contributed by atoms with Crippen molar-refractivity contribution in [2.24, 2.45) is 0 Å². The summed E-state index contributed by atoms with van der Waals surface area (Å²) in [6.45, 7) is 1.78. The molecule has 1 fully saturated rings. The monoisotopic (exact) mass is 360 g/mol. The standard InChI is InChI=1S/C17H15F3N6/c18-17(19,20)10-1-2-13(24-7-10)12-9-25-16(26-11-3-4-21-8-11)15-14(12)22-5-6-23-15/h1-2,5-7,9,11,21H,3-4,8H2,(H,25,26). The molecular weight excluding hydrogens is 345 g/mol. The van der Waals surface area contributed by atoms with Crippen molar-refractivity contribution in [3.63, 3.8) is 0 Å². The number of aromatic nitrogens is 4. The number of pyridine rings is 2. The smallest absolute Gasteiger partial charge is 0.364 e. The van der Waals surface area contributed by atoms with Gasteiger partial charge in [0, 0.05) is 42.9 Å². The second-order valence-corrected chi connectivity index (χ2v) is 6.04. The molecular formula is C17H15F3N6. The van der Waals surface area contributed by atoms with Gasteiger partial charge in [-0.05, 0) is 25.1 Å². The maximum atomic E-state index is 12.7. The Kier molecular flexibility index (Phi) is 4.15. The van der Waals surface area contributed by atoms with Crippen LogP contribution in [-0.4, -0.2) is 39.1 Å². The molecule has 0 bridgehead atoms. The molecule has 0 aromatic carbocycles. The van der Waals surface area contributed by atoms with Crippen molar-refractivity contribution in [1.82, 2.24) is 25.3 Å². The zero-order chi connectivity index (χ0) is 18.1. The molecule has 0 radical (unpaired) electrons. The Morgan fingerprint density at radius 1 is 1.00 bits per heavy atom. The van der Waals surface area contributed by atoms with Gasteiger partial charge in [-0.3, -0.25) is 9.97 Å². The first-order chi connectivity index (χ1) is 12.5. The lowest BCUT2D eigenvalue weighted by Gasteiger charge is -2.14. The number of nitrogens with zero attached hydrogens (tertiary/aromatic N) is 4. The van der Waals surface area contributed by atoms with Crippen molar-refractivity contribution in [3.05, 3.63) is 42.5 Å². The Morgan fingerprint density at radius 3 is 2.46 bits per heavy atom. The highest BCUT2D eigenvalue weighted by Crippen LogP contribution is 2.32. The second kappa shape index (κ2) is 6.49. The van der Waals surface area contributed by atoms with Gasteiger partial charge in [0.25, 0.3) is 0 Å². The number of anilines is 1. The molecule has 0 amide bonds. The van der Waals surface area contributed by atoms with Gasteiger partial charge >= 0.3 is 6.18 Å². The van der Waals surface area contributed by atoms with Gasteiger partial charge in [0.2, 0.25) is 0 Å². The number of fused-ring (bicyclic) bond motifs is 1. The van der Waals surface area contributed by atoms with Crippen LogP contribution in [-0.2, 0) is 6.18 Å². The summed E-state index contributed by atoms with van der Waals surface area (Å²) in [6, 6.07) is 2.57. The van der Waals surface area contributed by atoms with Crippen LogP contribution in [0.25, 0.3) is 22.3 Å². The van der Waals surface area contributed by atoms with Crippen LogP contribution in [0.1, 0.15) is 12.0 Å². The van der Waals surface area contributed by atoms with E-state index in [-0.39, 0.29) is 6.04 Å². The fraction of sp³-hybridized carbons (Fsp3) is 0.294. The molecule has 6 nitrogen and oxygen atoms in total. The van der Waals surface area contributed by atoms with Crippen molar-refractivity contribution >= 4 is 16.9 Å². The van der Waals surface area contributed by atoms with Gasteiger partial charge in [0.05, 0.1) is 11.3 Å². The summed E-state index contributed by atoms with van der Waals surface area (Å²) in [7, 11) is 0. The van der Waals surface area contributed by atoms with E-state index >= 15 is 0 Å². The third kappa shape index (κ3) is 3.17. The maximum absolute atomic E-state index is 12.7. The van der Waals surface area contributed by atoms with Gasteiger partial charge in [-0.25, -0.2) is 9.97 Å². The summed E-state index contributed by atoms with van der Waals surface area (Å²) in [5.41, 5.74) is 1.22. The lowest BCUT2D eigenvalue weighted by molar-refractivity contribution is -0.137. The molecule has 9 heteroatoms. The Morgan fingerprint density at radius 2 is 1.81 bits per heavy atom. The number of hydrogen-bond acceptors (Lipinski definition) is 6. The van der Waals surface area contributed by atoms with Gasteiger partial charge in [-0.15, -0.1) is 0 Å². The van der Waals surface area contributed by atoms with E-state index < -0.39 is 11.7 Å². The SMILES string of the molecule is FC(F)(F)c1ccc(-c2cnc(NC3CCNC3)c3nccnc23)nc1. The van der Waals surface area contributed by atoms with E-state index in [1.807, 2.05) is 0 Å². The van der Waals surface area contributed by atoms with E-state index in [1.54, 1.807) is 12.4 Å². The third-order valence-electron chi connectivity index (χ3n) is 4.27. The first-order valence-electron chi connectivity index (χ1n) is 8.13. The van der Waals surface area contributed by atoms with Gasteiger partial charge in [-0.2, -0.15) is 13.2 Å². The third-order valence-corrected chi connectivity index (χ3v) is 4.27. The largest absolute Gasteiger partial charge is 0.417 e. The Balaban J connectivity index is 1.74. The average Bonchev–Trinajstić information content (AvgIpc) is 3.15. The van der Waals surface area contributed by atoms with E-state index in [0.29, 0.717) is 28.1 Å². The molecule has 134 valence electrons. The molecule has 3 aromatic rings. The molecule has 3 aromatic heterocycles. The highest BCUT2D eigenvalue weighted by molar-refractivity contribution is 5.95. The molecule has 1 unspecified atom stereocenters. The summed E-state index contributed by atoms with van der Waals surface area (Å²) in [5.74, 6) is 0.609. The number of rotatable bonds is 3. The van der Waals surface area contributed by atoms with Crippen molar-refractivity contribution in [1.29, 1.82) is 0 Å². The van der Waals surface area contributed by atoms with Crippen molar-refractivity contribution in [2.75, 3.05) is 18.4 Å². The molecule has 1 atom stereocenters. The highest BCUT2D eigenvalue weighted by Gasteiger charge is 2.30. The van der Waals surface area contributed by atoms with Crippen LogP contribution in [0, 0.1) is 0 Å². The van der Waals surface area contributed by atoms with Gasteiger partial charge in [-0.1, -0.05) is 0 Å². The Hall–Kier alpha value is -2.81. The van der Waals surface area contributed by atoms with E-state index in [4.69, 9.17) is 0 Å². The van der Waals surface area contributed by atoms with E-state index in [0.717, 1.165) is 31.8 Å². The molecule has 1 aliphatic rings. The predicted molar refractivity (Wildman–Crippen MR) is 90.5 cm³/mol. The molecule has 4 heterocycles. The summed E-state index contributed by atoms with van der Waals surface area (Å²) in [4.78, 5) is 17.0. The minimum Gasteiger partial charge on any atom is -0.364 e. The second-order valence-electron chi connectivity index (χ2n) is 6.04. The van der Waals surface area contributed by atoms with Crippen LogP contribution in [0.15, 0.2) is 36.9 Å². The van der Waals surface area contributed by atoms with Gasteiger partial charge in [0.15, 0.2) is 5.82 Å². The fourth-order valence-corrected chi connectivity index (χ4v) is 2.94. The maximum Gasteiger partial charge on any atom is 0.417 e. The molecule has 26 heavy (non-hydrogen) atoms. The van der Waals surface area contributed by atoms with E-state index in [2.05, 4.69) is 30.6 Å². The minimum atomic E-state index is -4.42. The quantitative estimate of drug-likeness (QED) is 0.748. The molecule has 1 aliphatic heterocycles. The first-order valence-corrected chi connectivity index (χ1v) is 8.13. The summed E-state index contributed by atoms with van der Waals surface area (Å²) in [5, 5.41) is 6.61. The summed E-state index contributed by atoms with van der Waals surface area (Å²) < 4.78 is 38.2. The summed E-state index contributed by atoms with van der Waals surface area (Å²) in [6.07, 6.45) is 2.04. The zero-order valence-corrected chi connectivity index (χ0v) is 13.6. The van der Waals surface area contributed by atoms with Crippen LogP contribution in [0.3, 0.4) is 0 Å². The molecule has 0 saturated carbocycles. The highest BCUT2D eigenvalue weighted by atomic mass is 19.4. The van der Waals surface area contributed by atoms with Crippen molar-refractivity contribution < 1.29 is 13.2 Å². The zero-order valence-electron chi connectivity index (χ0n) is 13.6. The van der Waals surface area contributed by atoms with Crippen molar-refractivity contribution in [3.8, 4) is 11.3 Å². The number of alkyl halides is 3. The van der Waals surface area contributed by atoms with Crippen LogP contribution >= 0.6 is 0 Å².